The molecule has 102 valence electrons. The summed E-state index contributed by atoms with van der Waals surface area (Å²) in [4.78, 5) is 14.7. The van der Waals surface area contributed by atoms with Crippen LogP contribution in [-0.4, -0.2) is 42.6 Å². The molecule has 0 aromatic heterocycles. The van der Waals surface area contributed by atoms with Gasteiger partial charge in [-0.2, -0.15) is 0 Å². The Balaban J connectivity index is 1.93. The van der Waals surface area contributed by atoms with Gasteiger partial charge in [-0.25, -0.2) is 0 Å². The first kappa shape index (κ1) is 13.7. The molecule has 0 bridgehead atoms. The Morgan fingerprint density at radius 2 is 2.06 bits per heavy atom. The normalized spacial score (nSPS) is 23.2. The molecule has 1 aliphatic heterocycles. The molecular formula is C13H22N2O2S. The lowest BCUT2D eigenvalue weighted by Crippen LogP contribution is -2.54. The first-order chi connectivity index (χ1) is 8.56. The second-order valence-corrected chi connectivity index (χ2v) is 5.98. The molecule has 0 aromatic rings. The zero-order chi connectivity index (χ0) is 13.2. The van der Waals surface area contributed by atoms with E-state index < -0.39 is 5.41 Å². The van der Waals surface area contributed by atoms with Gasteiger partial charge in [0, 0.05) is 26.8 Å². The van der Waals surface area contributed by atoms with Crippen LogP contribution < -0.4 is 5.73 Å². The van der Waals surface area contributed by atoms with Crippen LogP contribution in [0.3, 0.4) is 0 Å². The van der Waals surface area contributed by atoms with Crippen molar-refractivity contribution in [2.24, 2.45) is 17.1 Å². The SMILES string of the molecule is CN(CC1CCOCC1)C(=O)C1(C(N)=S)CCC1. The van der Waals surface area contributed by atoms with Crippen molar-refractivity contribution in [3.8, 4) is 0 Å². The molecule has 0 unspecified atom stereocenters. The van der Waals surface area contributed by atoms with E-state index in [4.69, 9.17) is 22.7 Å². The van der Waals surface area contributed by atoms with E-state index in [0.717, 1.165) is 51.9 Å². The molecule has 0 radical (unpaired) electrons. The molecule has 2 N–H and O–H groups in total. The van der Waals surface area contributed by atoms with E-state index in [1.807, 2.05) is 11.9 Å². The summed E-state index contributed by atoms with van der Waals surface area (Å²) in [5.41, 5.74) is 5.24. The van der Waals surface area contributed by atoms with Crippen molar-refractivity contribution in [2.45, 2.75) is 32.1 Å². The van der Waals surface area contributed by atoms with Crippen molar-refractivity contribution in [1.82, 2.24) is 4.90 Å². The van der Waals surface area contributed by atoms with Crippen molar-refractivity contribution in [2.75, 3.05) is 26.8 Å². The van der Waals surface area contributed by atoms with Gasteiger partial charge in [0.1, 0.15) is 0 Å². The molecule has 0 spiro atoms. The summed E-state index contributed by atoms with van der Waals surface area (Å²) in [6.45, 7) is 2.42. The highest BCUT2D eigenvalue weighted by Crippen LogP contribution is 2.42. The molecule has 0 aromatic carbocycles. The van der Waals surface area contributed by atoms with Gasteiger partial charge in [0.05, 0.1) is 10.4 Å². The maximum absolute atomic E-state index is 12.5. The molecule has 1 heterocycles. The molecule has 1 aliphatic carbocycles. The largest absolute Gasteiger partial charge is 0.392 e. The van der Waals surface area contributed by atoms with Crippen LogP contribution >= 0.6 is 12.2 Å². The van der Waals surface area contributed by atoms with Gasteiger partial charge in [-0.3, -0.25) is 4.79 Å². The van der Waals surface area contributed by atoms with Crippen LogP contribution in [0.15, 0.2) is 0 Å². The molecule has 2 fully saturated rings. The van der Waals surface area contributed by atoms with Crippen LogP contribution in [0.5, 0.6) is 0 Å². The lowest BCUT2D eigenvalue weighted by atomic mass is 9.67. The van der Waals surface area contributed by atoms with Gasteiger partial charge in [-0.1, -0.05) is 18.6 Å². The standard InChI is InChI=1S/C13H22N2O2S/c1-15(9-10-3-7-17-8-4-10)12(16)13(11(14)18)5-2-6-13/h10H,2-9H2,1H3,(H2,14,18). The van der Waals surface area contributed by atoms with Crippen LogP contribution in [0.4, 0.5) is 0 Å². The first-order valence-corrected chi connectivity index (χ1v) is 7.10. The molecule has 1 saturated heterocycles. The van der Waals surface area contributed by atoms with Crippen LogP contribution in [0.1, 0.15) is 32.1 Å². The third-order valence-corrected chi connectivity index (χ3v) is 4.70. The van der Waals surface area contributed by atoms with Crippen LogP contribution in [0, 0.1) is 11.3 Å². The van der Waals surface area contributed by atoms with Crippen molar-refractivity contribution in [3.63, 3.8) is 0 Å². The highest BCUT2D eigenvalue weighted by Gasteiger charge is 2.48. The van der Waals surface area contributed by atoms with E-state index in [0.29, 0.717) is 10.9 Å². The molecule has 1 saturated carbocycles. The van der Waals surface area contributed by atoms with Crippen molar-refractivity contribution in [1.29, 1.82) is 0 Å². The number of hydrogen-bond donors (Lipinski definition) is 1. The van der Waals surface area contributed by atoms with Crippen LogP contribution in [0.25, 0.3) is 0 Å². The summed E-state index contributed by atoms with van der Waals surface area (Å²) in [5.74, 6) is 0.670. The summed E-state index contributed by atoms with van der Waals surface area (Å²) >= 11 is 5.09. The lowest BCUT2D eigenvalue weighted by Gasteiger charge is -2.42. The van der Waals surface area contributed by atoms with E-state index in [1.165, 1.54) is 0 Å². The number of nitrogens with two attached hydrogens (primary N) is 1. The third-order valence-electron chi connectivity index (χ3n) is 4.31. The average molecular weight is 270 g/mol. The second kappa shape index (κ2) is 5.53. The van der Waals surface area contributed by atoms with Gasteiger partial charge >= 0.3 is 0 Å². The Hall–Kier alpha value is -0.680. The minimum Gasteiger partial charge on any atom is -0.392 e. The van der Waals surface area contributed by atoms with Gasteiger partial charge in [0.2, 0.25) is 5.91 Å². The predicted octanol–water partition coefficient (Wildman–Crippen LogP) is 1.33. The fourth-order valence-corrected chi connectivity index (χ4v) is 3.15. The molecule has 5 heteroatoms. The zero-order valence-electron chi connectivity index (χ0n) is 11.0. The van der Waals surface area contributed by atoms with Gasteiger partial charge in [0.15, 0.2) is 0 Å². The average Bonchev–Trinajstić information content (AvgIpc) is 2.28. The van der Waals surface area contributed by atoms with Gasteiger partial charge < -0.3 is 15.4 Å². The summed E-state index contributed by atoms with van der Waals surface area (Å²) in [5, 5.41) is 0. The number of ether oxygens (including phenoxy) is 1. The summed E-state index contributed by atoms with van der Waals surface area (Å²) in [6, 6.07) is 0. The lowest BCUT2D eigenvalue weighted by molar-refractivity contribution is -0.141. The Bertz CT molecular complexity index is 336. The Morgan fingerprint density at radius 1 is 1.44 bits per heavy atom. The molecule has 18 heavy (non-hydrogen) atoms. The van der Waals surface area contributed by atoms with E-state index in [1.54, 1.807) is 0 Å². The van der Waals surface area contributed by atoms with Crippen molar-refractivity contribution < 1.29 is 9.53 Å². The van der Waals surface area contributed by atoms with Gasteiger partial charge in [-0.15, -0.1) is 0 Å². The van der Waals surface area contributed by atoms with Gasteiger partial charge in [-0.05, 0) is 31.6 Å². The molecule has 4 nitrogen and oxygen atoms in total. The number of thiocarbonyl (C=S) groups is 1. The topological polar surface area (TPSA) is 55.6 Å². The molecular weight excluding hydrogens is 248 g/mol. The highest BCUT2D eigenvalue weighted by atomic mass is 32.1. The fraction of sp³-hybridized carbons (Fsp3) is 0.846. The number of carbonyl (C=O) groups is 1. The highest BCUT2D eigenvalue weighted by molar-refractivity contribution is 7.80. The quantitative estimate of drug-likeness (QED) is 0.783. The number of hydrogen-bond acceptors (Lipinski definition) is 3. The smallest absolute Gasteiger partial charge is 0.235 e. The van der Waals surface area contributed by atoms with E-state index in [9.17, 15) is 4.79 Å². The van der Waals surface area contributed by atoms with Crippen molar-refractivity contribution >= 4 is 23.1 Å². The van der Waals surface area contributed by atoms with E-state index in [-0.39, 0.29) is 5.91 Å². The minimum atomic E-state index is -0.532. The Morgan fingerprint density at radius 3 is 2.50 bits per heavy atom. The number of nitrogens with zero attached hydrogens (tertiary/aromatic N) is 1. The first-order valence-electron chi connectivity index (χ1n) is 6.69. The van der Waals surface area contributed by atoms with E-state index in [2.05, 4.69) is 0 Å². The number of amides is 1. The molecule has 0 atom stereocenters. The summed E-state index contributed by atoms with van der Waals surface area (Å²) in [6.07, 6.45) is 4.77. The Labute approximate surface area is 114 Å². The summed E-state index contributed by atoms with van der Waals surface area (Å²) in [7, 11) is 1.87. The maximum atomic E-state index is 12.5. The van der Waals surface area contributed by atoms with E-state index >= 15 is 0 Å². The van der Waals surface area contributed by atoms with Crippen molar-refractivity contribution in [3.05, 3.63) is 0 Å². The fourth-order valence-electron chi connectivity index (χ4n) is 2.86. The third kappa shape index (κ3) is 2.52. The number of rotatable bonds is 4. The minimum absolute atomic E-state index is 0.118. The predicted molar refractivity (Wildman–Crippen MR) is 74.2 cm³/mol. The monoisotopic (exact) mass is 270 g/mol. The second-order valence-electron chi connectivity index (χ2n) is 5.54. The van der Waals surface area contributed by atoms with Crippen LogP contribution in [-0.2, 0) is 9.53 Å². The van der Waals surface area contributed by atoms with Crippen LogP contribution in [0.2, 0.25) is 0 Å². The molecule has 1 amide bonds. The maximum Gasteiger partial charge on any atom is 0.235 e. The molecule has 2 rings (SSSR count). The van der Waals surface area contributed by atoms with Gasteiger partial charge in [0.25, 0.3) is 0 Å². The zero-order valence-corrected chi connectivity index (χ0v) is 11.8. The summed E-state index contributed by atoms with van der Waals surface area (Å²) < 4.78 is 5.34. The molecule has 2 aliphatic rings. The number of carbonyl (C=O) groups excluding carboxylic acids is 1. The Kier molecular flexibility index (Phi) is 4.22.